The quantitative estimate of drug-likeness (QED) is 0.106. The number of anilines is 1. The summed E-state index contributed by atoms with van der Waals surface area (Å²) < 4.78 is 11.1. The molecule has 0 aliphatic rings. The zero-order chi connectivity index (χ0) is 23.5. The van der Waals surface area contributed by atoms with Crippen LogP contribution in [-0.2, 0) is 0 Å². The minimum atomic E-state index is -0.425. The Balaban J connectivity index is 1.47. The highest BCUT2D eigenvalue weighted by atomic mass is 32.1. The molecule has 7 heteroatoms. The van der Waals surface area contributed by atoms with Crippen molar-refractivity contribution in [3.8, 4) is 11.5 Å². The van der Waals surface area contributed by atoms with Crippen molar-refractivity contribution in [1.29, 1.82) is 0 Å². The Kier molecular flexibility index (Phi) is 8.97. The number of carbonyl (C=O) groups is 1. The highest BCUT2D eigenvalue weighted by Gasteiger charge is 2.09. The predicted molar refractivity (Wildman–Crippen MR) is 136 cm³/mol. The largest absolute Gasteiger partial charge is 0.494 e. The number of unbranched alkanes of at least 4 members (excludes halogenated alkanes) is 1. The highest BCUT2D eigenvalue weighted by Crippen LogP contribution is 2.17. The van der Waals surface area contributed by atoms with Crippen molar-refractivity contribution >= 4 is 35.2 Å². The summed E-state index contributed by atoms with van der Waals surface area (Å²) in [6.45, 7) is 4.79. The molecular weight excluding hydrogens is 434 g/mol. The first-order valence-corrected chi connectivity index (χ1v) is 11.2. The summed E-state index contributed by atoms with van der Waals surface area (Å²) in [4.78, 5) is 12.4. The molecule has 0 fully saturated rings. The van der Waals surface area contributed by atoms with Crippen molar-refractivity contribution in [2.45, 2.75) is 26.7 Å². The Morgan fingerprint density at radius 1 is 1.03 bits per heavy atom. The smallest absolute Gasteiger partial charge is 0.343 e. The molecule has 2 N–H and O–H groups in total. The SMILES string of the molecule is CCCCOc1ccc(C(=O)Oc2ccc(C=NNC(=S)Nc3cccc(C)c3)cc2)cc1. The Bertz CT molecular complexity index is 1100. The first kappa shape index (κ1) is 23.9. The summed E-state index contributed by atoms with van der Waals surface area (Å²) in [5.41, 5.74) is 6.11. The van der Waals surface area contributed by atoms with E-state index >= 15 is 0 Å². The summed E-state index contributed by atoms with van der Waals surface area (Å²) in [6.07, 6.45) is 3.70. The van der Waals surface area contributed by atoms with Gasteiger partial charge in [-0.1, -0.05) is 25.5 Å². The molecule has 0 aromatic heterocycles. The van der Waals surface area contributed by atoms with E-state index in [0.717, 1.165) is 35.4 Å². The number of ether oxygens (including phenoxy) is 2. The van der Waals surface area contributed by atoms with Crippen molar-refractivity contribution in [3.05, 3.63) is 89.5 Å². The molecule has 0 unspecified atom stereocenters. The number of hydrazone groups is 1. The van der Waals surface area contributed by atoms with Gasteiger partial charge in [-0.25, -0.2) is 4.79 Å². The van der Waals surface area contributed by atoms with Crippen molar-refractivity contribution in [2.75, 3.05) is 11.9 Å². The molecule has 3 aromatic carbocycles. The molecule has 170 valence electrons. The Morgan fingerprint density at radius 3 is 2.45 bits per heavy atom. The van der Waals surface area contributed by atoms with E-state index in [1.165, 1.54) is 0 Å². The lowest BCUT2D eigenvalue weighted by Gasteiger charge is -2.08. The molecule has 33 heavy (non-hydrogen) atoms. The number of aryl methyl sites for hydroxylation is 1. The molecule has 6 nitrogen and oxygen atoms in total. The standard InChI is InChI=1S/C26H27N3O3S/c1-3-4-16-31-23-14-10-21(11-15-23)25(30)32-24-12-8-20(9-13-24)18-27-29-26(33)28-22-7-5-6-19(2)17-22/h5-15,17-18H,3-4,16H2,1-2H3,(H2,28,29,33). The molecular formula is C26H27N3O3S. The summed E-state index contributed by atoms with van der Waals surface area (Å²) in [6, 6.07) is 21.9. The van der Waals surface area contributed by atoms with E-state index in [-0.39, 0.29) is 0 Å². The van der Waals surface area contributed by atoms with E-state index in [1.807, 2.05) is 31.2 Å². The molecule has 0 saturated carbocycles. The monoisotopic (exact) mass is 461 g/mol. The number of hydrogen-bond acceptors (Lipinski definition) is 5. The fourth-order valence-corrected chi connectivity index (χ4v) is 3.03. The molecule has 0 amide bonds. The third kappa shape index (κ3) is 8.05. The van der Waals surface area contributed by atoms with Gasteiger partial charge in [-0.15, -0.1) is 0 Å². The van der Waals surface area contributed by atoms with Crippen LogP contribution < -0.4 is 20.2 Å². The van der Waals surface area contributed by atoms with Crippen LogP contribution in [0.2, 0.25) is 0 Å². The lowest BCUT2D eigenvalue weighted by molar-refractivity contribution is 0.0734. The average Bonchev–Trinajstić information content (AvgIpc) is 2.81. The molecule has 0 bridgehead atoms. The zero-order valence-corrected chi connectivity index (χ0v) is 19.5. The van der Waals surface area contributed by atoms with Gasteiger partial charge in [0.1, 0.15) is 11.5 Å². The van der Waals surface area contributed by atoms with Gasteiger partial charge in [0.2, 0.25) is 0 Å². The second-order valence-corrected chi connectivity index (χ2v) is 7.79. The van der Waals surface area contributed by atoms with Crippen LogP contribution in [0.5, 0.6) is 11.5 Å². The van der Waals surface area contributed by atoms with Gasteiger partial charge in [0.15, 0.2) is 5.11 Å². The molecule has 0 atom stereocenters. The van der Waals surface area contributed by atoms with Gasteiger partial charge in [-0.05, 0) is 97.4 Å². The molecule has 0 spiro atoms. The van der Waals surface area contributed by atoms with Crippen molar-refractivity contribution in [1.82, 2.24) is 5.43 Å². The van der Waals surface area contributed by atoms with Gasteiger partial charge in [-0.2, -0.15) is 5.10 Å². The maximum atomic E-state index is 12.4. The number of nitrogens with zero attached hydrogens (tertiary/aromatic N) is 1. The molecule has 0 aliphatic carbocycles. The van der Waals surface area contributed by atoms with Crippen LogP contribution >= 0.6 is 12.2 Å². The van der Waals surface area contributed by atoms with Crippen LogP contribution in [0.4, 0.5) is 5.69 Å². The number of hydrogen-bond donors (Lipinski definition) is 2. The van der Waals surface area contributed by atoms with Crippen LogP contribution in [0, 0.1) is 6.92 Å². The number of rotatable bonds is 9. The Labute approximate surface area is 199 Å². The Morgan fingerprint density at radius 2 is 1.76 bits per heavy atom. The maximum Gasteiger partial charge on any atom is 0.343 e. The molecule has 0 heterocycles. The van der Waals surface area contributed by atoms with Gasteiger partial charge in [0.25, 0.3) is 0 Å². The van der Waals surface area contributed by atoms with E-state index in [2.05, 4.69) is 22.8 Å². The summed E-state index contributed by atoms with van der Waals surface area (Å²) >= 11 is 5.24. The summed E-state index contributed by atoms with van der Waals surface area (Å²) in [7, 11) is 0. The second kappa shape index (κ2) is 12.4. The molecule has 0 aliphatic heterocycles. The lowest BCUT2D eigenvalue weighted by Crippen LogP contribution is -2.23. The summed E-state index contributed by atoms with van der Waals surface area (Å²) in [5, 5.41) is 7.60. The number of nitrogens with one attached hydrogen (secondary N) is 2. The van der Waals surface area contributed by atoms with Crippen molar-refractivity contribution in [3.63, 3.8) is 0 Å². The molecule has 0 radical (unpaired) electrons. The van der Waals surface area contributed by atoms with Crippen LogP contribution in [0.3, 0.4) is 0 Å². The van der Waals surface area contributed by atoms with E-state index in [4.69, 9.17) is 21.7 Å². The lowest BCUT2D eigenvalue weighted by atomic mass is 10.2. The predicted octanol–water partition coefficient (Wildman–Crippen LogP) is 5.71. The number of thiocarbonyl (C=S) groups is 1. The van der Waals surface area contributed by atoms with Crippen LogP contribution in [0.1, 0.15) is 41.3 Å². The molecule has 0 saturated heterocycles. The number of benzene rings is 3. The zero-order valence-electron chi connectivity index (χ0n) is 18.7. The topological polar surface area (TPSA) is 72.0 Å². The van der Waals surface area contributed by atoms with Gasteiger partial charge >= 0.3 is 5.97 Å². The van der Waals surface area contributed by atoms with Gasteiger partial charge < -0.3 is 14.8 Å². The fraction of sp³-hybridized carbons (Fsp3) is 0.192. The van der Waals surface area contributed by atoms with E-state index in [9.17, 15) is 4.79 Å². The minimum absolute atomic E-state index is 0.393. The normalized spacial score (nSPS) is 10.6. The fourth-order valence-electron chi connectivity index (χ4n) is 2.86. The van der Waals surface area contributed by atoms with E-state index in [1.54, 1.807) is 54.7 Å². The van der Waals surface area contributed by atoms with Gasteiger partial charge in [-0.3, -0.25) is 5.43 Å². The van der Waals surface area contributed by atoms with E-state index in [0.29, 0.717) is 23.0 Å². The first-order valence-electron chi connectivity index (χ1n) is 10.8. The van der Waals surface area contributed by atoms with Crippen LogP contribution in [-0.4, -0.2) is 23.9 Å². The highest BCUT2D eigenvalue weighted by molar-refractivity contribution is 7.80. The third-order valence-corrected chi connectivity index (χ3v) is 4.80. The Hall–Kier alpha value is -3.71. The van der Waals surface area contributed by atoms with Gasteiger partial charge in [0, 0.05) is 5.69 Å². The van der Waals surface area contributed by atoms with Crippen molar-refractivity contribution in [2.24, 2.45) is 5.10 Å². The van der Waals surface area contributed by atoms with Crippen LogP contribution in [0.25, 0.3) is 0 Å². The maximum absolute atomic E-state index is 12.4. The molecule has 3 rings (SSSR count). The first-order chi connectivity index (χ1) is 16.0. The van der Waals surface area contributed by atoms with Gasteiger partial charge in [0.05, 0.1) is 18.4 Å². The van der Waals surface area contributed by atoms with E-state index < -0.39 is 5.97 Å². The number of esters is 1. The second-order valence-electron chi connectivity index (χ2n) is 7.38. The van der Waals surface area contributed by atoms with Crippen molar-refractivity contribution < 1.29 is 14.3 Å². The number of carbonyl (C=O) groups excluding carboxylic acids is 1. The minimum Gasteiger partial charge on any atom is -0.494 e. The van der Waals surface area contributed by atoms with Crippen LogP contribution in [0.15, 0.2) is 77.9 Å². The summed E-state index contributed by atoms with van der Waals surface area (Å²) in [5.74, 6) is 0.765. The average molecular weight is 462 g/mol. The molecule has 3 aromatic rings. The third-order valence-electron chi connectivity index (χ3n) is 4.60.